The second-order valence-corrected chi connectivity index (χ2v) is 5.46. The minimum absolute atomic E-state index is 0.0332. The third-order valence-corrected chi connectivity index (χ3v) is 3.76. The van der Waals surface area contributed by atoms with Gasteiger partial charge in [0.05, 0.1) is 11.9 Å². The molecule has 21 heavy (non-hydrogen) atoms. The quantitative estimate of drug-likeness (QED) is 0.671. The number of hydrogen-bond acceptors (Lipinski definition) is 3. The second-order valence-electron chi connectivity index (χ2n) is 5.46. The molecular weight excluding hydrogens is 268 g/mol. The second kappa shape index (κ2) is 9.32. The van der Waals surface area contributed by atoms with Crippen molar-refractivity contribution < 1.29 is 9.90 Å². The summed E-state index contributed by atoms with van der Waals surface area (Å²) in [6.07, 6.45) is 10.6. The van der Waals surface area contributed by atoms with Gasteiger partial charge in [-0.15, -0.1) is 0 Å². The fraction of sp³-hybridized carbons (Fsp3) is 0.688. The summed E-state index contributed by atoms with van der Waals surface area (Å²) in [5.41, 5.74) is 0.188. The highest BCUT2D eigenvalue weighted by Gasteiger charge is 2.13. The minimum Gasteiger partial charge on any atom is -0.476 e. The molecule has 0 radical (unpaired) electrons. The average Bonchev–Trinajstić information content (AvgIpc) is 2.44. The molecule has 5 nitrogen and oxygen atoms in total. The van der Waals surface area contributed by atoms with Crippen molar-refractivity contribution in [3.8, 4) is 0 Å². The monoisotopic (exact) mass is 294 g/mol. The Kier molecular flexibility index (Phi) is 7.72. The molecular formula is C16H26N2O3. The summed E-state index contributed by atoms with van der Waals surface area (Å²) in [7, 11) is 0. The fourth-order valence-corrected chi connectivity index (χ4v) is 2.47. The maximum Gasteiger partial charge on any atom is 0.356 e. The largest absolute Gasteiger partial charge is 0.476 e. The number of nitrogens with zero attached hydrogens (tertiary/aromatic N) is 2. The Morgan fingerprint density at radius 3 is 2.29 bits per heavy atom. The van der Waals surface area contributed by atoms with E-state index >= 15 is 0 Å². The van der Waals surface area contributed by atoms with Gasteiger partial charge in [0.25, 0.3) is 5.56 Å². The van der Waals surface area contributed by atoms with Gasteiger partial charge in [0.2, 0.25) is 0 Å². The highest BCUT2D eigenvalue weighted by atomic mass is 16.4. The molecule has 0 unspecified atom stereocenters. The molecule has 0 fully saturated rings. The molecule has 0 saturated heterocycles. The van der Waals surface area contributed by atoms with Gasteiger partial charge in [-0.2, -0.15) is 0 Å². The molecule has 0 aliphatic heterocycles. The molecule has 0 aliphatic carbocycles. The van der Waals surface area contributed by atoms with Crippen molar-refractivity contribution in [2.24, 2.45) is 0 Å². The van der Waals surface area contributed by atoms with Crippen molar-refractivity contribution in [3.05, 3.63) is 27.9 Å². The van der Waals surface area contributed by atoms with E-state index in [9.17, 15) is 9.59 Å². The Morgan fingerprint density at radius 2 is 1.71 bits per heavy atom. The molecule has 0 bridgehead atoms. The minimum atomic E-state index is -1.09. The number of rotatable bonds is 10. The zero-order valence-corrected chi connectivity index (χ0v) is 13.1. The molecule has 1 aromatic rings. The molecule has 5 heteroatoms. The van der Waals surface area contributed by atoms with Gasteiger partial charge < -0.3 is 9.67 Å². The summed E-state index contributed by atoms with van der Waals surface area (Å²) < 4.78 is 1.52. The van der Waals surface area contributed by atoms with E-state index in [2.05, 4.69) is 11.9 Å². The Labute approximate surface area is 126 Å². The van der Waals surface area contributed by atoms with Crippen molar-refractivity contribution in [1.82, 2.24) is 9.55 Å². The lowest BCUT2D eigenvalue weighted by Crippen LogP contribution is -2.25. The van der Waals surface area contributed by atoms with Gasteiger partial charge in [-0.25, -0.2) is 9.78 Å². The van der Waals surface area contributed by atoms with Crippen LogP contribution in [0, 0.1) is 6.92 Å². The summed E-state index contributed by atoms with van der Waals surface area (Å²) in [5.74, 6) is -1.09. The third kappa shape index (κ3) is 5.69. The van der Waals surface area contributed by atoms with Gasteiger partial charge >= 0.3 is 5.97 Å². The van der Waals surface area contributed by atoms with Crippen LogP contribution in [0.2, 0.25) is 0 Å². The summed E-state index contributed by atoms with van der Waals surface area (Å²) >= 11 is 0. The van der Waals surface area contributed by atoms with Gasteiger partial charge in [-0.3, -0.25) is 4.79 Å². The fourth-order valence-electron chi connectivity index (χ4n) is 2.47. The van der Waals surface area contributed by atoms with Crippen molar-refractivity contribution in [3.63, 3.8) is 0 Å². The van der Waals surface area contributed by atoms with Crippen LogP contribution in [0.4, 0.5) is 0 Å². The molecule has 1 N–H and O–H groups in total. The molecule has 1 heterocycles. The Bertz CT molecular complexity index is 509. The van der Waals surface area contributed by atoms with E-state index in [0.717, 1.165) is 19.0 Å². The number of aromatic carboxylic acids is 1. The summed E-state index contributed by atoms with van der Waals surface area (Å²) in [5, 5.41) is 9.02. The Morgan fingerprint density at radius 1 is 1.14 bits per heavy atom. The molecule has 0 amide bonds. The van der Waals surface area contributed by atoms with E-state index in [-0.39, 0.29) is 11.3 Å². The predicted molar refractivity (Wildman–Crippen MR) is 82.8 cm³/mol. The van der Waals surface area contributed by atoms with Crippen LogP contribution < -0.4 is 5.56 Å². The summed E-state index contributed by atoms with van der Waals surface area (Å²) in [4.78, 5) is 26.5. The highest BCUT2D eigenvalue weighted by Crippen LogP contribution is 2.10. The first-order chi connectivity index (χ1) is 10.1. The van der Waals surface area contributed by atoms with Gasteiger partial charge in [0.1, 0.15) is 0 Å². The lowest BCUT2D eigenvalue weighted by atomic mass is 10.1. The van der Waals surface area contributed by atoms with Crippen LogP contribution in [0.25, 0.3) is 0 Å². The van der Waals surface area contributed by atoms with Crippen molar-refractivity contribution in [2.45, 2.75) is 71.8 Å². The maximum atomic E-state index is 11.8. The van der Waals surface area contributed by atoms with Crippen molar-refractivity contribution >= 4 is 5.97 Å². The lowest BCUT2D eigenvalue weighted by molar-refractivity contribution is 0.0688. The summed E-state index contributed by atoms with van der Waals surface area (Å²) in [6.45, 7) is 4.42. The maximum absolute atomic E-state index is 11.8. The molecule has 0 atom stereocenters. The Hall–Kier alpha value is -1.65. The topological polar surface area (TPSA) is 72.2 Å². The first kappa shape index (κ1) is 17.4. The first-order valence-electron chi connectivity index (χ1n) is 7.87. The van der Waals surface area contributed by atoms with Crippen LogP contribution >= 0.6 is 0 Å². The lowest BCUT2D eigenvalue weighted by Gasteiger charge is -2.10. The van der Waals surface area contributed by atoms with Crippen LogP contribution in [0.1, 0.15) is 74.5 Å². The smallest absolute Gasteiger partial charge is 0.356 e. The molecule has 0 spiro atoms. The molecule has 1 rings (SSSR count). The number of carbonyl (C=O) groups is 1. The third-order valence-electron chi connectivity index (χ3n) is 3.76. The Balaban J connectivity index is 2.40. The molecule has 118 valence electrons. The van der Waals surface area contributed by atoms with Gasteiger partial charge in [-0.1, -0.05) is 51.9 Å². The van der Waals surface area contributed by atoms with E-state index in [1.54, 1.807) is 6.92 Å². The van der Waals surface area contributed by atoms with Crippen molar-refractivity contribution in [1.29, 1.82) is 0 Å². The van der Waals surface area contributed by atoms with E-state index in [1.165, 1.54) is 43.1 Å². The number of hydrogen-bond donors (Lipinski definition) is 1. The molecule has 0 aliphatic rings. The van der Waals surface area contributed by atoms with Crippen molar-refractivity contribution in [2.75, 3.05) is 0 Å². The van der Waals surface area contributed by atoms with Crippen LogP contribution in [0.5, 0.6) is 0 Å². The van der Waals surface area contributed by atoms with Gasteiger partial charge in [0, 0.05) is 6.54 Å². The van der Waals surface area contributed by atoms with Gasteiger partial charge in [0.15, 0.2) is 5.69 Å². The van der Waals surface area contributed by atoms with E-state index in [4.69, 9.17) is 5.11 Å². The average molecular weight is 294 g/mol. The van der Waals surface area contributed by atoms with E-state index in [0.29, 0.717) is 12.2 Å². The molecule has 0 aromatic carbocycles. The van der Waals surface area contributed by atoms with Crippen LogP contribution in [-0.4, -0.2) is 20.6 Å². The zero-order valence-electron chi connectivity index (χ0n) is 13.1. The number of carboxylic acid groups (broad SMARTS) is 1. The first-order valence-corrected chi connectivity index (χ1v) is 7.87. The van der Waals surface area contributed by atoms with E-state index < -0.39 is 5.97 Å². The number of unbranched alkanes of at least 4 members (excludes halogenated alkanes) is 7. The van der Waals surface area contributed by atoms with E-state index in [1.807, 2.05) is 0 Å². The van der Waals surface area contributed by atoms with Gasteiger partial charge in [-0.05, 0) is 13.3 Å². The number of aromatic nitrogens is 2. The predicted octanol–water partition coefficient (Wildman–Crippen LogP) is 3.39. The van der Waals surface area contributed by atoms with Crippen LogP contribution in [-0.2, 0) is 6.54 Å². The zero-order chi connectivity index (χ0) is 15.7. The molecule has 1 aromatic heterocycles. The normalized spacial score (nSPS) is 10.8. The SMILES string of the molecule is CCCCCCCCCCn1c(C)c(C(=O)O)ncc1=O. The van der Waals surface area contributed by atoms with Crippen LogP contribution in [0.15, 0.2) is 11.0 Å². The molecule has 0 saturated carbocycles. The highest BCUT2D eigenvalue weighted by molar-refractivity contribution is 5.86. The summed E-state index contributed by atoms with van der Waals surface area (Å²) in [6, 6.07) is 0. The van der Waals surface area contributed by atoms with Crippen LogP contribution in [0.3, 0.4) is 0 Å². The number of carboxylic acids is 1. The standard InChI is InChI=1S/C16H26N2O3/c1-3-4-5-6-7-8-9-10-11-18-13(2)15(16(20)21)17-12-14(18)19/h12H,3-11H2,1-2H3,(H,20,21).